The van der Waals surface area contributed by atoms with Crippen molar-refractivity contribution in [3.05, 3.63) is 129 Å². The van der Waals surface area contributed by atoms with E-state index in [1.807, 2.05) is 71.4 Å². The number of halogens is 2. The van der Waals surface area contributed by atoms with E-state index in [2.05, 4.69) is 31.0 Å². The van der Waals surface area contributed by atoms with Crippen molar-refractivity contribution in [3.8, 4) is 34.0 Å². The van der Waals surface area contributed by atoms with Gasteiger partial charge in [0.1, 0.15) is 11.5 Å². The summed E-state index contributed by atoms with van der Waals surface area (Å²) in [5.41, 5.74) is 10.7. The molecule has 0 amide bonds. The summed E-state index contributed by atoms with van der Waals surface area (Å²) in [5, 5.41) is 33.9. The summed E-state index contributed by atoms with van der Waals surface area (Å²) < 4.78 is 0. The molecule has 44 heavy (non-hydrogen) atoms. The number of anilines is 2. The van der Waals surface area contributed by atoms with Gasteiger partial charge in [-0.2, -0.15) is 10.2 Å². The first-order valence-electron chi connectivity index (χ1n) is 13.0. The van der Waals surface area contributed by atoms with Crippen LogP contribution in [0.25, 0.3) is 22.5 Å². The Morgan fingerprint density at radius 1 is 0.591 bits per heavy atom. The lowest BCUT2D eigenvalue weighted by atomic mass is 10.2. The maximum absolute atomic E-state index is 9.69. The van der Waals surface area contributed by atoms with Crippen molar-refractivity contribution in [2.75, 3.05) is 10.9 Å². The molecule has 0 saturated carbocycles. The summed E-state index contributed by atoms with van der Waals surface area (Å²) in [7, 11) is 0. The van der Waals surface area contributed by atoms with Crippen LogP contribution in [-0.4, -0.2) is 32.6 Å². The molecule has 2 aromatic heterocycles. The SMILES string of the molecule is Oc1ccc(Cl)cc1/C=N/Nc1nc(-c2ccccc2)cs1.Oc1ccc(Cl)cc1/C=N/Nc1nc(-c2ccccc2)cs1. The number of phenols is 2. The zero-order valence-electron chi connectivity index (χ0n) is 22.8. The van der Waals surface area contributed by atoms with Crippen molar-refractivity contribution in [1.82, 2.24) is 9.97 Å². The van der Waals surface area contributed by atoms with Crippen LogP contribution >= 0.6 is 45.9 Å². The first-order chi connectivity index (χ1) is 21.4. The Kier molecular flexibility index (Phi) is 10.6. The Morgan fingerprint density at radius 2 is 1.00 bits per heavy atom. The lowest BCUT2D eigenvalue weighted by Gasteiger charge is -1.99. The zero-order chi connectivity index (χ0) is 30.7. The summed E-state index contributed by atoms with van der Waals surface area (Å²) in [5.74, 6) is 0.248. The summed E-state index contributed by atoms with van der Waals surface area (Å²) >= 11 is 14.7. The van der Waals surface area contributed by atoms with E-state index in [4.69, 9.17) is 23.2 Å². The van der Waals surface area contributed by atoms with Crippen LogP contribution in [0.3, 0.4) is 0 Å². The molecular weight excluding hydrogens is 635 g/mol. The molecular formula is C32H24Cl2N6O2S2. The smallest absolute Gasteiger partial charge is 0.203 e. The van der Waals surface area contributed by atoms with Crippen molar-refractivity contribution in [1.29, 1.82) is 0 Å². The maximum Gasteiger partial charge on any atom is 0.203 e. The highest BCUT2D eigenvalue weighted by molar-refractivity contribution is 7.14. The Morgan fingerprint density at radius 3 is 1.41 bits per heavy atom. The molecule has 12 heteroatoms. The summed E-state index contributed by atoms with van der Waals surface area (Å²) in [4.78, 5) is 8.91. The molecule has 6 rings (SSSR count). The molecule has 0 fully saturated rings. The van der Waals surface area contributed by atoms with Crippen LogP contribution in [0, 0.1) is 0 Å². The highest BCUT2D eigenvalue weighted by Gasteiger charge is 2.05. The zero-order valence-corrected chi connectivity index (χ0v) is 25.9. The Balaban J connectivity index is 0.000000175. The van der Waals surface area contributed by atoms with Crippen molar-refractivity contribution >= 4 is 68.6 Å². The normalized spacial score (nSPS) is 11.0. The van der Waals surface area contributed by atoms with Gasteiger partial charge in [-0.05, 0) is 36.4 Å². The molecule has 0 radical (unpaired) electrons. The highest BCUT2D eigenvalue weighted by atomic mass is 35.5. The molecule has 0 aliphatic rings. The standard InChI is InChI=1S/2C16H12ClN3OS/c2*17-13-6-7-15(21)12(8-13)9-18-20-16-19-14(10-22-16)11-4-2-1-3-5-11/h2*1-10,21H,(H,19,20)/b2*18-9+. The van der Waals surface area contributed by atoms with Gasteiger partial charge >= 0.3 is 0 Å². The number of phenolic OH excluding ortho intramolecular Hbond substituents is 2. The highest BCUT2D eigenvalue weighted by Crippen LogP contribution is 2.26. The molecule has 6 aromatic rings. The van der Waals surface area contributed by atoms with Crippen molar-refractivity contribution < 1.29 is 10.2 Å². The van der Waals surface area contributed by atoms with Crippen LogP contribution < -0.4 is 10.9 Å². The predicted molar refractivity (Wildman–Crippen MR) is 184 cm³/mol. The third-order valence-corrected chi connectivity index (χ3v) is 7.82. The monoisotopic (exact) mass is 658 g/mol. The molecule has 4 N–H and O–H groups in total. The Bertz CT molecular complexity index is 1740. The van der Waals surface area contributed by atoms with Gasteiger partial charge in [0, 0.05) is 43.1 Å². The number of aromatic nitrogens is 2. The van der Waals surface area contributed by atoms with E-state index in [1.165, 1.54) is 47.2 Å². The average molecular weight is 660 g/mol. The Labute approximate surface area is 271 Å². The van der Waals surface area contributed by atoms with Crippen LogP contribution in [0.4, 0.5) is 10.3 Å². The van der Waals surface area contributed by atoms with Crippen molar-refractivity contribution in [2.24, 2.45) is 10.2 Å². The average Bonchev–Trinajstić information content (AvgIpc) is 3.72. The molecule has 0 aliphatic carbocycles. The van der Waals surface area contributed by atoms with Gasteiger partial charge < -0.3 is 10.2 Å². The van der Waals surface area contributed by atoms with Crippen LogP contribution in [0.5, 0.6) is 11.5 Å². The molecule has 4 aromatic carbocycles. The quantitative estimate of drug-likeness (QED) is 0.0957. The number of hydrogen-bond donors (Lipinski definition) is 4. The second kappa shape index (κ2) is 15.1. The topological polar surface area (TPSA) is 115 Å². The number of nitrogens with one attached hydrogen (secondary N) is 2. The van der Waals surface area contributed by atoms with Crippen LogP contribution in [0.1, 0.15) is 11.1 Å². The third-order valence-electron chi connectivity index (χ3n) is 5.85. The van der Waals surface area contributed by atoms with E-state index in [-0.39, 0.29) is 11.5 Å². The summed E-state index contributed by atoms with van der Waals surface area (Å²) in [6.45, 7) is 0. The summed E-state index contributed by atoms with van der Waals surface area (Å²) in [6, 6.07) is 29.4. The lowest BCUT2D eigenvalue weighted by molar-refractivity contribution is 0.474. The lowest BCUT2D eigenvalue weighted by Crippen LogP contribution is -1.90. The largest absolute Gasteiger partial charge is 0.507 e. The number of benzene rings is 4. The van der Waals surface area contributed by atoms with Crippen molar-refractivity contribution in [2.45, 2.75) is 0 Å². The van der Waals surface area contributed by atoms with E-state index in [9.17, 15) is 10.2 Å². The second-order valence-corrected chi connectivity index (χ2v) is 11.5. The maximum atomic E-state index is 9.69. The molecule has 0 spiro atoms. The van der Waals surface area contributed by atoms with E-state index in [0.717, 1.165) is 22.5 Å². The van der Waals surface area contributed by atoms with Gasteiger partial charge in [-0.15, -0.1) is 22.7 Å². The Hall–Kier alpha value is -4.74. The molecule has 0 aliphatic heterocycles. The number of nitrogens with zero attached hydrogens (tertiary/aromatic N) is 4. The van der Waals surface area contributed by atoms with Crippen LogP contribution in [0.15, 0.2) is 118 Å². The first kappa shape index (κ1) is 30.7. The van der Waals surface area contributed by atoms with E-state index < -0.39 is 0 Å². The fourth-order valence-electron chi connectivity index (χ4n) is 3.70. The number of thiazole rings is 2. The van der Waals surface area contributed by atoms with Gasteiger partial charge in [0.15, 0.2) is 0 Å². The molecule has 0 unspecified atom stereocenters. The van der Waals surface area contributed by atoms with E-state index in [1.54, 1.807) is 24.3 Å². The molecule has 2 heterocycles. The van der Waals surface area contributed by atoms with E-state index in [0.29, 0.717) is 31.4 Å². The third kappa shape index (κ3) is 8.65. The minimum absolute atomic E-state index is 0.124. The fraction of sp³-hybridized carbons (Fsp3) is 0. The fourth-order valence-corrected chi connectivity index (χ4v) is 5.40. The van der Waals surface area contributed by atoms with Gasteiger partial charge in [-0.1, -0.05) is 83.9 Å². The van der Waals surface area contributed by atoms with Crippen LogP contribution in [0.2, 0.25) is 10.0 Å². The van der Waals surface area contributed by atoms with Gasteiger partial charge in [0.25, 0.3) is 0 Å². The minimum Gasteiger partial charge on any atom is -0.507 e. The first-order valence-corrected chi connectivity index (χ1v) is 15.5. The predicted octanol–water partition coefficient (Wildman–Crippen LogP) is 9.23. The van der Waals surface area contributed by atoms with Gasteiger partial charge in [0.2, 0.25) is 10.3 Å². The van der Waals surface area contributed by atoms with Crippen molar-refractivity contribution in [3.63, 3.8) is 0 Å². The number of hydrogen-bond acceptors (Lipinski definition) is 10. The molecule has 8 nitrogen and oxygen atoms in total. The number of hydrazone groups is 2. The van der Waals surface area contributed by atoms with Crippen LogP contribution in [-0.2, 0) is 0 Å². The molecule has 0 bridgehead atoms. The van der Waals surface area contributed by atoms with Gasteiger partial charge in [0.05, 0.1) is 23.8 Å². The molecule has 0 saturated heterocycles. The summed E-state index contributed by atoms with van der Waals surface area (Å²) in [6.07, 6.45) is 3.01. The van der Waals surface area contributed by atoms with Gasteiger partial charge in [-0.25, -0.2) is 9.97 Å². The van der Waals surface area contributed by atoms with Gasteiger partial charge in [-0.3, -0.25) is 10.9 Å². The second-order valence-electron chi connectivity index (χ2n) is 8.95. The van der Waals surface area contributed by atoms with E-state index >= 15 is 0 Å². The number of aromatic hydroxyl groups is 2. The molecule has 220 valence electrons. The minimum atomic E-state index is 0.124. The number of rotatable bonds is 8. The molecule has 0 atom stereocenters.